The van der Waals surface area contributed by atoms with Crippen LogP contribution in [0.4, 0.5) is 0 Å². The predicted molar refractivity (Wildman–Crippen MR) is 109 cm³/mol. The van der Waals surface area contributed by atoms with Crippen LogP contribution in [0.3, 0.4) is 0 Å². The Balaban J connectivity index is 1.61. The summed E-state index contributed by atoms with van der Waals surface area (Å²) in [6.45, 7) is 1.67. The van der Waals surface area contributed by atoms with Crippen LogP contribution < -0.4 is 10.2 Å². The van der Waals surface area contributed by atoms with Gasteiger partial charge in [-0.05, 0) is 47.5 Å². The van der Waals surface area contributed by atoms with Gasteiger partial charge in [0, 0.05) is 4.47 Å². The monoisotopic (exact) mass is 430 g/mol. The lowest BCUT2D eigenvalue weighted by atomic mass is 10.0. The van der Waals surface area contributed by atoms with Crippen molar-refractivity contribution in [3.05, 3.63) is 75.7 Å². The second kappa shape index (κ2) is 8.34. The molecule has 6 heteroatoms. The molecule has 0 heterocycles. The molecule has 0 unspecified atom stereocenters. The molecule has 26 heavy (non-hydrogen) atoms. The highest BCUT2D eigenvalue weighted by atomic mass is 79.9. The van der Waals surface area contributed by atoms with Crippen LogP contribution >= 0.6 is 27.5 Å². The molecule has 0 spiro atoms. The van der Waals surface area contributed by atoms with Crippen molar-refractivity contribution in [1.82, 2.24) is 5.43 Å². The first-order valence-electron chi connectivity index (χ1n) is 7.93. The van der Waals surface area contributed by atoms with Gasteiger partial charge >= 0.3 is 0 Å². The molecule has 132 valence electrons. The maximum atomic E-state index is 11.9. The maximum absolute atomic E-state index is 11.9. The number of amides is 1. The van der Waals surface area contributed by atoms with Gasteiger partial charge in [0.2, 0.25) is 0 Å². The summed E-state index contributed by atoms with van der Waals surface area (Å²) < 4.78 is 6.26. The summed E-state index contributed by atoms with van der Waals surface area (Å²) in [7, 11) is 0. The first kappa shape index (κ1) is 18.4. The number of rotatable bonds is 5. The van der Waals surface area contributed by atoms with E-state index in [-0.39, 0.29) is 12.5 Å². The summed E-state index contributed by atoms with van der Waals surface area (Å²) in [5.74, 6) is 0.0874. The largest absolute Gasteiger partial charge is 0.482 e. The Morgan fingerprint density at radius 1 is 1.12 bits per heavy atom. The minimum Gasteiger partial charge on any atom is -0.482 e. The van der Waals surface area contributed by atoms with Gasteiger partial charge in [-0.25, -0.2) is 5.43 Å². The summed E-state index contributed by atoms with van der Waals surface area (Å²) in [6, 6.07) is 19.3. The van der Waals surface area contributed by atoms with E-state index in [1.54, 1.807) is 18.2 Å². The molecule has 0 aliphatic rings. The molecule has 4 nitrogen and oxygen atoms in total. The van der Waals surface area contributed by atoms with E-state index in [9.17, 15) is 4.79 Å². The molecule has 3 aromatic rings. The third kappa shape index (κ3) is 4.62. The molecule has 0 atom stereocenters. The minimum atomic E-state index is -0.357. The Kier molecular flexibility index (Phi) is 5.91. The van der Waals surface area contributed by atoms with Crippen LogP contribution in [0.5, 0.6) is 5.75 Å². The van der Waals surface area contributed by atoms with Gasteiger partial charge in [-0.15, -0.1) is 0 Å². The summed E-state index contributed by atoms with van der Waals surface area (Å²) >= 11 is 9.37. The number of nitrogens with zero attached hydrogens (tertiary/aromatic N) is 1. The zero-order chi connectivity index (χ0) is 18.5. The Morgan fingerprint density at radius 3 is 2.65 bits per heavy atom. The fourth-order valence-corrected chi connectivity index (χ4v) is 3.12. The van der Waals surface area contributed by atoms with Crippen molar-refractivity contribution in [1.29, 1.82) is 0 Å². The van der Waals surface area contributed by atoms with Gasteiger partial charge in [-0.1, -0.05) is 63.9 Å². The first-order chi connectivity index (χ1) is 12.5. The average molecular weight is 432 g/mol. The quantitative estimate of drug-likeness (QED) is 0.447. The number of ether oxygens (including phenoxy) is 1. The first-order valence-corrected chi connectivity index (χ1v) is 9.10. The molecule has 0 radical (unpaired) electrons. The fraction of sp³-hybridized carbons (Fsp3) is 0.100. The molecule has 1 N–H and O–H groups in total. The van der Waals surface area contributed by atoms with Crippen LogP contribution in [-0.4, -0.2) is 18.2 Å². The minimum absolute atomic E-state index is 0.171. The van der Waals surface area contributed by atoms with E-state index < -0.39 is 0 Å². The predicted octanol–water partition coefficient (Wildman–Crippen LogP) is 5.17. The molecule has 0 aliphatic heterocycles. The van der Waals surface area contributed by atoms with Crippen LogP contribution in [0.2, 0.25) is 5.02 Å². The third-order valence-corrected chi connectivity index (χ3v) is 4.56. The van der Waals surface area contributed by atoms with Gasteiger partial charge in [0.1, 0.15) is 5.75 Å². The van der Waals surface area contributed by atoms with Crippen LogP contribution in [0, 0.1) is 0 Å². The summed E-state index contributed by atoms with van der Waals surface area (Å²) in [6.07, 6.45) is 0. The molecule has 0 fully saturated rings. The van der Waals surface area contributed by atoms with Gasteiger partial charge in [0.15, 0.2) is 6.61 Å². The molecule has 1 amide bonds. The Morgan fingerprint density at radius 2 is 1.88 bits per heavy atom. The number of carbonyl (C=O) groups excluding carboxylic acids is 1. The van der Waals surface area contributed by atoms with E-state index in [0.29, 0.717) is 16.5 Å². The van der Waals surface area contributed by atoms with Gasteiger partial charge in [-0.2, -0.15) is 5.10 Å². The van der Waals surface area contributed by atoms with Crippen LogP contribution in [0.25, 0.3) is 10.8 Å². The molecular formula is C20H16BrClN2O2. The molecular weight excluding hydrogens is 416 g/mol. The zero-order valence-electron chi connectivity index (χ0n) is 14.0. The lowest BCUT2D eigenvalue weighted by molar-refractivity contribution is -0.123. The second-order valence-corrected chi connectivity index (χ2v) is 6.98. The Labute approximate surface area is 164 Å². The fourth-order valence-electron chi connectivity index (χ4n) is 2.39. The van der Waals surface area contributed by atoms with Crippen molar-refractivity contribution in [2.24, 2.45) is 5.10 Å². The number of hydrogen-bond donors (Lipinski definition) is 1. The topological polar surface area (TPSA) is 50.7 Å². The molecule has 3 aromatic carbocycles. The zero-order valence-corrected chi connectivity index (χ0v) is 16.3. The summed E-state index contributed by atoms with van der Waals surface area (Å²) in [4.78, 5) is 11.9. The van der Waals surface area contributed by atoms with Crippen LogP contribution in [0.1, 0.15) is 12.5 Å². The number of fused-ring (bicyclic) bond motifs is 1. The number of hydrogen-bond acceptors (Lipinski definition) is 3. The highest BCUT2D eigenvalue weighted by molar-refractivity contribution is 9.10. The van der Waals surface area contributed by atoms with Crippen molar-refractivity contribution >= 4 is 49.9 Å². The van der Waals surface area contributed by atoms with Gasteiger partial charge in [0.25, 0.3) is 5.91 Å². The van der Waals surface area contributed by atoms with Gasteiger partial charge in [-0.3, -0.25) is 4.79 Å². The third-order valence-electron chi connectivity index (χ3n) is 3.77. The normalized spacial score (nSPS) is 11.4. The number of nitrogens with one attached hydrogen (secondary N) is 1. The van der Waals surface area contributed by atoms with Crippen molar-refractivity contribution in [2.75, 3.05) is 6.61 Å². The van der Waals surface area contributed by atoms with E-state index >= 15 is 0 Å². The van der Waals surface area contributed by atoms with E-state index in [0.717, 1.165) is 20.8 Å². The summed E-state index contributed by atoms with van der Waals surface area (Å²) in [5.41, 5.74) is 4.16. The van der Waals surface area contributed by atoms with Crippen molar-refractivity contribution in [2.45, 2.75) is 6.92 Å². The van der Waals surface area contributed by atoms with E-state index in [1.807, 2.05) is 43.3 Å². The van der Waals surface area contributed by atoms with Gasteiger partial charge < -0.3 is 4.74 Å². The summed E-state index contributed by atoms with van der Waals surface area (Å²) in [5, 5.41) is 6.86. The lowest BCUT2D eigenvalue weighted by Gasteiger charge is -2.08. The standard InChI is InChI=1S/C20H16BrClN2O2/c1-13(15-7-6-14-4-2-3-5-16(14)10-15)23-24-20(25)12-26-19-9-8-17(21)11-18(19)22/h2-11H,12H2,1H3,(H,24,25)/b23-13+. The van der Waals surface area contributed by atoms with E-state index in [1.165, 1.54) is 0 Å². The second-order valence-electron chi connectivity index (χ2n) is 5.66. The molecule has 0 aliphatic carbocycles. The number of benzene rings is 3. The molecule has 0 aromatic heterocycles. The number of hydrazone groups is 1. The maximum Gasteiger partial charge on any atom is 0.277 e. The van der Waals surface area contributed by atoms with E-state index in [4.69, 9.17) is 16.3 Å². The van der Waals surface area contributed by atoms with Crippen LogP contribution in [0.15, 0.2) is 70.2 Å². The molecule has 0 bridgehead atoms. The number of carbonyl (C=O) groups is 1. The Bertz CT molecular complexity index is 988. The highest BCUT2D eigenvalue weighted by Crippen LogP contribution is 2.27. The molecule has 3 rings (SSSR count). The lowest BCUT2D eigenvalue weighted by Crippen LogP contribution is -2.25. The van der Waals surface area contributed by atoms with Gasteiger partial charge in [0.05, 0.1) is 10.7 Å². The van der Waals surface area contributed by atoms with Crippen molar-refractivity contribution in [3.63, 3.8) is 0 Å². The molecule has 0 saturated heterocycles. The Hall–Kier alpha value is -2.37. The van der Waals surface area contributed by atoms with Crippen molar-refractivity contribution < 1.29 is 9.53 Å². The SMILES string of the molecule is C/C(=N\NC(=O)COc1ccc(Br)cc1Cl)c1ccc2ccccc2c1. The number of halogens is 2. The molecule has 0 saturated carbocycles. The van der Waals surface area contributed by atoms with Crippen LogP contribution in [-0.2, 0) is 4.79 Å². The highest BCUT2D eigenvalue weighted by Gasteiger charge is 2.06. The van der Waals surface area contributed by atoms with E-state index in [2.05, 4.69) is 32.5 Å². The van der Waals surface area contributed by atoms with Crippen molar-refractivity contribution in [3.8, 4) is 5.75 Å². The average Bonchev–Trinajstić information content (AvgIpc) is 2.65. The smallest absolute Gasteiger partial charge is 0.277 e.